The molecule has 4 aromatic rings. The van der Waals surface area contributed by atoms with Crippen molar-refractivity contribution in [3.8, 4) is 0 Å². The molecule has 0 aliphatic rings. The number of benzene rings is 4. The summed E-state index contributed by atoms with van der Waals surface area (Å²) in [5, 5.41) is 12.4. The molecule has 3 nitrogen and oxygen atoms in total. The zero-order chi connectivity index (χ0) is 25.2. The van der Waals surface area contributed by atoms with E-state index in [0.29, 0.717) is 22.3 Å². The zero-order valence-electron chi connectivity index (χ0n) is 20.6. The summed E-state index contributed by atoms with van der Waals surface area (Å²) in [5.74, 6) is -0.819. The van der Waals surface area contributed by atoms with Gasteiger partial charge in [-0.3, -0.25) is 9.59 Å². The van der Waals surface area contributed by atoms with E-state index >= 15 is 0 Å². The van der Waals surface area contributed by atoms with Crippen molar-refractivity contribution in [1.29, 1.82) is 0 Å². The van der Waals surface area contributed by atoms with E-state index in [1.807, 2.05) is 99.6 Å². The van der Waals surface area contributed by atoms with Crippen molar-refractivity contribution in [1.82, 2.24) is 0 Å². The van der Waals surface area contributed by atoms with Gasteiger partial charge in [0, 0.05) is 11.1 Å². The maximum Gasteiger partial charge on any atom is 0.195 e. The van der Waals surface area contributed by atoms with E-state index in [0.717, 1.165) is 16.7 Å². The number of Topliss-reactive ketones (excluding diaryl/α,β-unsaturated/α-hetero) is 2. The SMILES string of the molecule is Cc1cc(C)c(C(=O)C(c2ccccc2)(c2ccccc2)C(C)(O)C(=O)c2ccccc2)c(C)c1. The van der Waals surface area contributed by atoms with Crippen molar-refractivity contribution in [3.05, 3.63) is 142 Å². The van der Waals surface area contributed by atoms with Crippen molar-refractivity contribution >= 4 is 11.6 Å². The van der Waals surface area contributed by atoms with E-state index in [4.69, 9.17) is 0 Å². The van der Waals surface area contributed by atoms with Gasteiger partial charge in [0.05, 0.1) is 0 Å². The Labute approximate surface area is 207 Å². The van der Waals surface area contributed by atoms with Gasteiger partial charge in [0.1, 0.15) is 11.0 Å². The number of aliphatic hydroxyl groups is 1. The second-order valence-corrected chi connectivity index (χ2v) is 9.35. The van der Waals surface area contributed by atoms with Gasteiger partial charge in [-0.05, 0) is 49.9 Å². The molecule has 4 aromatic carbocycles. The quantitative estimate of drug-likeness (QED) is 0.323. The van der Waals surface area contributed by atoms with E-state index in [2.05, 4.69) is 0 Å². The maximum absolute atomic E-state index is 14.9. The van der Waals surface area contributed by atoms with Gasteiger partial charge in [-0.2, -0.15) is 0 Å². The number of carbonyl (C=O) groups excluding carboxylic acids is 2. The molecule has 1 atom stereocenters. The van der Waals surface area contributed by atoms with Crippen LogP contribution in [0.1, 0.15) is 55.5 Å². The van der Waals surface area contributed by atoms with Gasteiger partial charge in [0.2, 0.25) is 0 Å². The first-order chi connectivity index (χ1) is 16.7. The van der Waals surface area contributed by atoms with E-state index in [-0.39, 0.29) is 5.78 Å². The molecule has 0 bridgehead atoms. The number of hydrogen-bond donors (Lipinski definition) is 1. The van der Waals surface area contributed by atoms with Crippen molar-refractivity contribution in [3.63, 3.8) is 0 Å². The molecule has 0 heterocycles. The third-order valence-corrected chi connectivity index (χ3v) is 6.87. The predicted molar refractivity (Wildman–Crippen MR) is 140 cm³/mol. The molecule has 1 unspecified atom stereocenters. The third-order valence-electron chi connectivity index (χ3n) is 6.87. The van der Waals surface area contributed by atoms with Crippen LogP contribution in [-0.2, 0) is 5.41 Å². The fourth-order valence-electron chi connectivity index (χ4n) is 5.35. The summed E-state index contributed by atoms with van der Waals surface area (Å²) in [7, 11) is 0. The number of rotatable bonds is 7. The molecule has 3 heteroatoms. The minimum absolute atomic E-state index is 0.306. The Balaban J connectivity index is 2.13. The van der Waals surface area contributed by atoms with Crippen LogP contribution in [0.15, 0.2) is 103 Å². The number of aryl methyl sites for hydroxylation is 3. The second-order valence-electron chi connectivity index (χ2n) is 9.35. The van der Waals surface area contributed by atoms with E-state index < -0.39 is 16.8 Å². The molecule has 35 heavy (non-hydrogen) atoms. The lowest BCUT2D eigenvalue weighted by atomic mass is 9.57. The van der Waals surface area contributed by atoms with Crippen LogP contribution >= 0.6 is 0 Å². The highest BCUT2D eigenvalue weighted by atomic mass is 16.3. The smallest absolute Gasteiger partial charge is 0.195 e. The first-order valence-electron chi connectivity index (χ1n) is 11.8. The van der Waals surface area contributed by atoms with Crippen molar-refractivity contribution in [2.45, 2.75) is 38.7 Å². The Morgan fingerprint density at radius 2 is 1.03 bits per heavy atom. The van der Waals surface area contributed by atoms with Crippen LogP contribution in [0.3, 0.4) is 0 Å². The Morgan fingerprint density at radius 1 is 0.629 bits per heavy atom. The Morgan fingerprint density at radius 3 is 1.46 bits per heavy atom. The van der Waals surface area contributed by atoms with Gasteiger partial charge in [-0.25, -0.2) is 0 Å². The Kier molecular flexibility index (Phi) is 6.56. The summed E-state index contributed by atoms with van der Waals surface area (Å²) in [5.41, 5.74) is 0.871. The van der Waals surface area contributed by atoms with Crippen LogP contribution in [0, 0.1) is 20.8 Å². The molecule has 0 radical (unpaired) electrons. The van der Waals surface area contributed by atoms with Gasteiger partial charge in [-0.15, -0.1) is 0 Å². The van der Waals surface area contributed by atoms with Gasteiger partial charge >= 0.3 is 0 Å². The van der Waals surface area contributed by atoms with E-state index in [9.17, 15) is 14.7 Å². The highest BCUT2D eigenvalue weighted by Crippen LogP contribution is 2.47. The van der Waals surface area contributed by atoms with Crippen LogP contribution in [0.25, 0.3) is 0 Å². The summed E-state index contributed by atoms with van der Waals surface area (Å²) in [6, 6.07) is 30.9. The van der Waals surface area contributed by atoms with Crippen LogP contribution in [-0.4, -0.2) is 22.3 Å². The molecule has 0 amide bonds. The summed E-state index contributed by atoms with van der Waals surface area (Å²) < 4.78 is 0. The zero-order valence-corrected chi connectivity index (χ0v) is 20.6. The number of ketones is 2. The lowest BCUT2D eigenvalue weighted by Gasteiger charge is -2.44. The highest BCUT2D eigenvalue weighted by Gasteiger charge is 2.59. The maximum atomic E-state index is 14.9. The normalized spacial score (nSPS) is 13.2. The molecule has 1 N–H and O–H groups in total. The van der Waals surface area contributed by atoms with Crippen LogP contribution in [0.2, 0.25) is 0 Å². The van der Waals surface area contributed by atoms with Crippen LogP contribution in [0.4, 0.5) is 0 Å². The van der Waals surface area contributed by atoms with Crippen molar-refractivity contribution in [2.75, 3.05) is 0 Å². The first-order valence-corrected chi connectivity index (χ1v) is 11.8. The molecule has 0 fully saturated rings. The monoisotopic (exact) mass is 462 g/mol. The van der Waals surface area contributed by atoms with Gasteiger partial charge in [-0.1, -0.05) is 109 Å². The fraction of sp³-hybridized carbons (Fsp3) is 0.188. The molecule has 176 valence electrons. The van der Waals surface area contributed by atoms with Crippen LogP contribution in [0.5, 0.6) is 0 Å². The molecule has 0 aromatic heterocycles. The minimum atomic E-state index is -2.10. The molecule has 0 aliphatic carbocycles. The molecular weight excluding hydrogens is 432 g/mol. The van der Waals surface area contributed by atoms with Gasteiger partial charge in [0.25, 0.3) is 0 Å². The van der Waals surface area contributed by atoms with Crippen molar-refractivity contribution < 1.29 is 14.7 Å². The summed E-state index contributed by atoms with van der Waals surface area (Å²) in [6.45, 7) is 7.27. The third kappa shape index (κ3) is 4.02. The molecule has 0 saturated heterocycles. The molecule has 0 spiro atoms. The second kappa shape index (κ2) is 9.44. The number of hydrogen-bond acceptors (Lipinski definition) is 3. The Hall–Kier alpha value is -3.82. The topological polar surface area (TPSA) is 54.4 Å². The first kappa shape index (κ1) is 24.3. The molecular formula is C32H30O3. The van der Waals surface area contributed by atoms with E-state index in [1.54, 1.807) is 24.3 Å². The summed E-state index contributed by atoms with van der Waals surface area (Å²) >= 11 is 0. The largest absolute Gasteiger partial charge is 0.380 e. The summed E-state index contributed by atoms with van der Waals surface area (Å²) in [4.78, 5) is 28.9. The summed E-state index contributed by atoms with van der Waals surface area (Å²) in [6.07, 6.45) is 0. The molecule has 0 aliphatic heterocycles. The standard InChI is InChI=1S/C32H30O3/c1-22-20-23(2)28(24(3)21-22)30(34)32(26-16-10-6-11-17-26,27-18-12-7-13-19-27)31(4,35)29(33)25-14-8-5-9-15-25/h5-21,35H,1-4H3. The predicted octanol–water partition coefficient (Wildman–Crippen LogP) is 6.41. The van der Waals surface area contributed by atoms with E-state index in [1.165, 1.54) is 6.92 Å². The van der Waals surface area contributed by atoms with Gasteiger partial charge < -0.3 is 5.11 Å². The number of carbonyl (C=O) groups is 2. The molecule has 0 saturated carbocycles. The lowest BCUT2D eigenvalue weighted by Crippen LogP contribution is -2.60. The fourth-order valence-corrected chi connectivity index (χ4v) is 5.35. The van der Waals surface area contributed by atoms with Crippen molar-refractivity contribution in [2.24, 2.45) is 0 Å². The average Bonchev–Trinajstić information content (AvgIpc) is 2.85. The highest BCUT2D eigenvalue weighted by molar-refractivity contribution is 6.16. The minimum Gasteiger partial charge on any atom is -0.380 e. The molecule has 4 rings (SSSR count). The lowest BCUT2D eigenvalue weighted by molar-refractivity contribution is 0.00766. The average molecular weight is 463 g/mol. The van der Waals surface area contributed by atoms with Gasteiger partial charge in [0.15, 0.2) is 11.6 Å². The van der Waals surface area contributed by atoms with Crippen LogP contribution < -0.4 is 0 Å². The Bertz CT molecular complexity index is 1290.